The van der Waals surface area contributed by atoms with Crippen molar-refractivity contribution in [2.75, 3.05) is 0 Å². The van der Waals surface area contributed by atoms with Gasteiger partial charge in [0.05, 0.1) is 34.1 Å². The summed E-state index contributed by atoms with van der Waals surface area (Å²) in [7, 11) is 1.88. The zero-order valence-electron chi connectivity index (χ0n) is 15.4. The summed E-state index contributed by atoms with van der Waals surface area (Å²) in [5, 5.41) is 6.70. The molecule has 0 aliphatic carbocycles. The maximum Gasteiger partial charge on any atom is 0.268 e. The van der Waals surface area contributed by atoms with Crippen LogP contribution in [0.25, 0.3) is 15.9 Å². The molecule has 0 aliphatic rings. The van der Waals surface area contributed by atoms with Gasteiger partial charge in [0.2, 0.25) is 0 Å². The van der Waals surface area contributed by atoms with E-state index in [0.29, 0.717) is 17.4 Å². The number of benzene rings is 1. The third kappa shape index (κ3) is 2.96. The van der Waals surface area contributed by atoms with Gasteiger partial charge in [0.1, 0.15) is 10.7 Å². The van der Waals surface area contributed by atoms with Gasteiger partial charge in [-0.2, -0.15) is 5.10 Å². The van der Waals surface area contributed by atoms with Gasteiger partial charge in [-0.3, -0.25) is 14.0 Å². The van der Waals surface area contributed by atoms with E-state index >= 15 is 0 Å². The first-order valence-electron chi connectivity index (χ1n) is 8.69. The highest BCUT2D eigenvalue weighted by Gasteiger charge is 2.15. The molecular weight excluding hydrogens is 356 g/mol. The van der Waals surface area contributed by atoms with Crippen LogP contribution in [0.1, 0.15) is 29.6 Å². The van der Waals surface area contributed by atoms with Crippen molar-refractivity contribution in [3.05, 3.63) is 74.9 Å². The second-order valence-corrected chi connectivity index (χ2v) is 7.06. The van der Waals surface area contributed by atoms with Crippen molar-refractivity contribution in [3.8, 4) is 17.5 Å². The van der Waals surface area contributed by atoms with Crippen LogP contribution in [0.4, 0.5) is 0 Å². The van der Waals surface area contributed by atoms with Gasteiger partial charge in [-0.1, -0.05) is 37.0 Å². The lowest BCUT2D eigenvalue weighted by Gasteiger charge is -2.11. The van der Waals surface area contributed by atoms with Crippen molar-refractivity contribution in [3.63, 3.8) is 0 Å². The van der Waals surface area contributed by atoms with Gasteiger partial charge < -0.3 is 0 Å². The van der Waals surface area contributed by atoms with E-state index in [-0.39, 0.29) is 5.56 Å². The molecule has 27 heavy (non-hydrogen) atoms. The van der Waals surface area contributed by atoms with Crippen molar-refractivity contribution >= 4 is 21.6 Å². The summed E-state index contributed by atoms with van der Waals surface area (Å²) in [6, 6.07) is 9.62. The third-order valence-electron chi connectivity index (χ3n) is 4.57. The first-order chi connectivity index (χ1) is 13.1. The fourth-order valence-electron chi connectivity index (χ4n) is 2.96. The van der Waals surface area contributed by atoms with Crippen LogP contribution in [0.2, 0.25) is 0 Å². The van der Waals surface area contributed by atoms with E-state index in [1.54, 1.807) is 15.4 Å². The number of para-hydroxylation sites is 1. The quantitative estimate of drug-likeness (QED) is 0.505. The number of hydrogen-bond donors (Lipinski definition) is 0. The molecule has 0 amide bonds. The topological polar surface area (TPSA) is 52.7 Å². The number of thiophene rings is 1. The van der Waals surface area contributed by atoms with E-state index in [0.717, 1.165) is 27.6 Å². The number of nitrogens with zero attached hydrogens (tertiary/aromatic N) is 4. The second kappa shape index (κ2) is 6.86. The molecule has 0 radical (unpaired) electrons. The summed E-state index contributed by atoms with van der Waals surface area (Å²) >= 11 is 1.46. The molecule has 3 heterocycles. The number of hydrogen-bond acceptors (Lipinski definition) is 4. The van der Waals surface area contributed by atoms with E-state index in [1.807, 2.05) is 56.6 Å². The summed E-state index contributed by atoms with van der Waals surface area (Å²) in [5.41, 5.74) is 3.31. The maximum absolute atomic E-state index is 13.3. The molecular formula is C21H18N4OS. The largest absolute Gasteiger partial charge is 0.272 e. The zero-order chi connectivity index (χ0) is 19.0. The van der Waals surface area contributed by atoms with Crippen LogP contribution in [-0.2, 0) is 13.5 Å². The van der Waals surface area contributed by atoms with E-state index in [1.165, 1.54) is 11.3 Å². The minimum Gasteiger partial charge on any atom is -0.272 e. The molecule has 4 aromatic rings. The van der Waals surface area contributed by atoms with Crippen LogP contribution in [0.5, 0.6) is 0 Å². The highest BCUT2D eigenvalue weighted by atomic mass is 32.1. The normalized spacial score (nSPS) is 10.8. The Balaban J connectivity index is 1.93. The second-order valence-electron chi connectivity index (χ2n) is 6.20. The summed E-state index contributed by atoms with van der Waals surface area (Å²) in [5.74, 6) is 7.04. The molecule has 0 spiro atoms. The predicted octanol–water partition coefficient (Wildman–Crippen LogP) is 3.45. The zero-order valence-corrected chi connectivity index (χ0v) is 16.2. The lowest BCUT2D eigenvalue weighted by molar-refractivity contribution is 0.740. The van der Waals surface area contributed by atoms with Crippen LogP contribution >= 0.6 is 11.3 Å². The highest BCUT2D eigenvalue weighted by molar-refractivity contribution is 7.17. The molecule has 134 valence electrons. The highest BCUT2D eigenvalue weighted by Crippen LogP contribution is 2.22. The smallest absolute Gasteiger partial charge is 0.268 e. The Hall–Kier alpha value is -3.17. The van der Waals surface area contributed by atoms with Gasteiger partial charge in [0, 0.05) is 18.8 Å². The Morgan fingerprint density at radius 1 is 1.15 bits per heavy atom. The van der Waals surface area contributed by atoms with E-state index in [9.17, 15) is 4.79 Å². The van der Waals surface area contributed by atoms with Crippen molar-refractivity contribution in [1.82, 2.24) is 19.3 Å². The molecule has 0 N–H and O–H groups in total. The molecule has 5 nitrogen and oxygen atoms in total. The Kier molecular flexibility index (Phi) is 4.38. The molecule has 3 aromatic heterocycles. The van der Waals surface area contributed by atoms with Crippen molar-refractivity contribution in [2.45, 2.75) is 20.3 Å². The van der Waals surface area contributed by atoms with E-state index in [2.05, 4.69) is 16.9 Å². The Labute approximate surface area is 160 Å². The van der Waals surface area contributed by atoms with Gasteiger partial charge >= 0.3 is 0 Å². The molecule has 0 bridgehead atoms. The van der Waals surface area contributed by atoms with Gasteiger partial charge in [-0.25, -0.2) is 4.98 Å². The summed E-state index contributed by atoms with van der Waals surface area (Å²) in [6.45, 7) is 3.98. The molecule has 0 atom stereocenters. The third-order valence-corrected chi connectivity index (χ3v) is 5.45. The summed E-state index contributed by atoms with van der Waals surface area (Å²) < 4.78 is 3.47. The summed E-state index contributed by atoms with van der Waals surface area (Å²) in [4.78, 5) is 18.8. The van der Waals surface area contributed by atoms with Gasteiger partial charge in [0.15, 0.2) is 0 Å². The van der Waals surface area contributed by atoms with E-state index < -0.39 is 0 Å². The molecule has 6 heteroatoms. The number of fused-ring (bicyclic) bond motifs is 1. The average Bonchev–Trinajstić information content (AvgIpc) is 3.24. The first-order valence-corrected chi connectivity index (χ1v) is 9.57. The molecule has 0 unspecified atom stereocenters. The SMILES string of the molecule is CCc1nc2scc(C#Cc3cnn(C)c3C)c2c(=O)n1-c1ccccc1. The summed E-state index contributed by atoms with van der Waals surface area (Å²) in [6.07, 6.45) is 2.42. The van der Waals surface area contributed by atoms with Gasteiger partial charge in [-0.05, 0) is 19.1 Å². The van der Waals surface area contributed by atoms with Crippen LogP contribution in [0.3, 0.4) is 0 Å². The van der Waals surface area contributed by atoms with Crippen LogP contribution < -0.4 is 5.56 Å². The number of rotatable bonds is 2. The lowest BCUT2D eigenvalue weighted by atomic mass is 10.2. The minimum atomic E-state index is -0.0727. The van der Waals surface area contributed by atoms with Crippen molar-refractivity contribution < 1.29 is 0 Å². The maximum atomic E-state index is 13.3. The predicted molar refractivity (Wildman–Crippen MR) is 109 cm³/mol. The lowest BCUT2D eigenvalue weighted by Crippen LogP contribution is -2.23. The van der Waals surface area contributed by atoms with Crippen LogP contribution in [0, 0.1) is 18.8 Å². The Morgan fingerprint density at radius 3 is 2.56 bits per heavy atom. The minimum absolute atomic E-state index is 0.0727. The van der Waals surface area contributed by atoms with Gasteiger partial charge in [0.25, 0.3) is 5.56 Å². The first kappa shape index (κ1) is 17.3. The Bertz CT molecular complexity index is 1250. The van der Waals surface area contributed by atoms with Gasteiger partial charge in [-0.15, -0.1) is 11.3 Å². The molecule has 0 aliphatic heterocycles. The molecule has 4 rings (SSSR count). The van der Waals surface area contributed by atoms with Crippen molar-refractivity contribution in [1.29, 1.82) is 0 Å². The fourth-order valence-corrected chi connectivity index (χ4v) is 3.84. The van der Waals surface area contributed by atoms with Crippen LogP contribution in [0.15, 0.2) is 46.7 Å². The van der Waals surface area contributed by atoms with E-state index in [4.69, 9.17) is 4.98 Å². The standard InChI is InChI=1S/C21H18N4OS/c1-4-18-23-20-19(21(26)25(18)17-8-6-5-7-9-17)16(13-27-20)11-10-15-12-22-24(3)14(15)2/h5-9,12-13H,4H2,1-3H3. The average molecular weight is 374 g/mol. The van der Waals surface area contributed by atoms with Crippen molar-refractivity contribution in [2.24, 2.45) is 7.05 Å². The molecule has 1 aromatic carbocycles. The number of aromatic nitrogens is 4. The molecule has 0 saturated heterocycles. The van der Waals surface area contributed by atoms with Crippen LogP contribution in [-0.4, -0.2) is 19.3 Å². The molecule has 0 saturated carbocycles. The number of aryl methyl sites for hydroxylation is 2. The molecule has 0 fully saturated rings. The fraction of sp³-hybridized carbons (Fsp3) is 0.190. The Morgan fingerprint density at radius 2 is 1.89 bits per heavy atom. The monoisotopic (exact) mass is 374 g/mol.